The van der Waals surface area contributed by atoms with E-state index in [1.54, 1.807) is 13.8 Å². The molecule has 0 aliphatic carbocycles. The normalized spacial score (nSPS) is 31.2. The first kappa shape index (κ1) is 14.6. The number of carbonyl (C=O) groups excluding carboxylic acids is 2. The first-order chi connectivity index (χ1) is 8.68. The van der Waals surface area contributed by atoms with Gasteiger partial charge < -0.3 is 30.6 Å². The average molecular weight is 300 g/mol. The second kappa shape index (κ2) is 4.34. The molecule has 1 aromatic rings. The lowest BCUT2D eigenvalue weighted by Crippen LogP contribution is -2.72. The summed E-state index contributed by atoms with van der Waals surface area (Å²) in [7, 11) is 0. The van der Waals surface area contributed by atoms with E-state index in [-0.39, 0.29) is 23.6 Å². The summed E-state index contributed by atoms with van der Waals surface area (Å²) in [6.07, 6.45) is 1.38. The van der Waals surface area contributed by atoms with E-state index in [1.807, 2.05) is 13.8 Å². The van der Waals surface area contributed by atoms with E-state index in [0.29, 0.717) is 0 Å². The van der Waals surface area contributed by atoms with Crippen molar-refractivity contribution in [2.75, 3.05) is 0 Å². The predicted molar refractivity (Wildman–Crippen MR) is 75.4 cm³/mol. The van der Waals surface area contributed by atoms with Crippen molar-refractivity contribution in [3.8, 4) is 0 Å². The van der Waals surface area contributed by atoms with E-state index in [2.05, 4.69) is 9.97 Å². The summed E-state index contributed by atoms with van der Waals surface area (Å²) in [5, 5.41) is 0. The van der Waals surface area contributed by atoms with Crippen molar-refractivity contribution in [2.45, 2.75) is 39.8 Å². The van der Waals surface area contributed by atoms with Crippen molar-refractivity contribution >= 4 is 43.4 Å². The molecule has 0 saturated carbocycles. The Morgan fingerprint density at radius 2 is 1.63 bits per heavy atom. The summed E-state index contributed by atoms with van der Waals surface area (Å²) < 4.78 is -1.23. The van der Waals surface area contributed by atoms with Gasteiger partial charge in [0.1, 0.15) is 0 Å². The molecule has 3 amide bonds. The third kappa shape index (κ3) is 1.63. The SMILES string of the molecule is CC(C)[N+]1([S-])C(=O)c2[nH]cnc2[N+]([S-])(C(C)C)C1=O. The van der Waals surface area contributed by atoms with Gasteiger partial charge in [-0.3, -0.25) is 3.89 Å². The van der Waals surface area contributed by atoms with Gasteiger partial charge in [-0.05, 0) is 27.7 Å². The highest BCUT2D eigenvalue weighted by Gasteiger charge is 2.57. The number of rotatable bonds is 2. The Morgan fingerprint density at radius 3 is 2.11 bits per heavy atom. The predicted octanol–water partition coefficient (Wildman–Crippen LogP) is 1.55. The number of amides is 3. The zero-order valence-electron chi connectivity index (χ0n) is 11.2. The lowest BCUT2D eigenvalue weighted by molar-refractivity contribution is -0.650. The Bertz CT molecular complexity index is 557. The maximum atomic E-state index is 12.8. The molecular formula is C11H16N4O2S2. The van der Waals surface area contributed by atoms with Gasteiger partial charge in [0.05, 0.1) is 18.4 Å². The van der Waals surface area contributed by atoms with Gasteiger partial charge in [-0.25, -0.2) is 8.68 Å². The Labute approximate surface area is 123 Å². The van der Waals surface area contributed by atoms with Crippen molar-refractivity contribution in [2.24, 2.45) is 0 Å². The molecule has 2 atom stereocenters. The molecule has 1 aliphatic rings. The maximum absolute atomic E-state index is 12.8. The van der Waals surface area contributed by atoms with Crippen molar-refractivity contribution < 1.29 is 13.5 Å². The van der Waals surface area contributed by atoms with Gasteiger partial charge in [-0.2, -0.15) is 9.78 Å². The third-order valence-corrected chi connectivity index (χ3v) is 4.97. The number of nitrogens with one attached hydrogen (secondary N) is 1. The summed E-state index contributed by atoms with van der Waals surface area (Å²) in [5.41, 5.74) is 0.243. The smallest absolute Gasteiger partial charge is 0.471 e. The highest BCUT2D eigenvalue weighted by molar-refractivity contribution is 7.59. The van der Waals surface area contributed by atoms with Crippen LogP contribution in [0, 0.1) is 0 Å². The minimum atomic E-state index is -0.753. The van der Waals surface area contributed by atoms with Crippen LogP contribution in [-0.2, 0) is 25.6 Å². The van der Waals surface area contributed by atoms with Crippen LogP contribution in [-0.4, -0.2) is 37.9 Å². The van der Waals surface area contributed by atoms with E-state index in [1.165, 1.54) is 6.33 Å². The minimum Gasteiger partial charge on any atom is -0.471 e. The van der Waals surface area contributed by atoms with E-state index < -0.39 is 19.7 Å². The summed E-state index contributed by atoms with van der Waals surface area (Å²) >= 11 is 10.8. The molecule has 1 aromatic heterocycles. The number of H-pyrrole nitrogens is 1. The number of imide groups is 1. The monoisotopic (exact) mass is 300 g/mol. The molecule has 0 fully saturated rings. The number of hydrogen-bond donors (Lipinski definition) is 1. The van der Waals surface area contributed by atoms with Gasteiger partial charge in [0.2, 0.25) is 5.69 Å². The number of nitrogens with zero attached hydrogens (tertiary/aromatic N) is 3. The number of fused-ring (bicyclic) bond motifs is 1. The fourth-order valence-corrected chi connectivity index (χ4v) is 2.72. The minimum absolute atomic E-state index is 0.239. The molecule has 19 heavy (non-hydrogen) atoms. The van der Waals surface area contributed by atoms with Gasteiger partial charge in [0.15, 0.2) is 0 Å². The Kier molecular flexibility index (Phi) is 3.33. The summed E-state index contributed by atoms with van der Waals surface area (Å²) in [4.78, 5) is 32.1. The van der Waals surface area contributed by atoms with Crippen molar-refractivity contribution in [1.29, 1.82) is 0 Å². The standard InChI is InChI=1S/C11H16N4O2S2/c1-6(2)14(18)9-8(12-5-13-9)10(16)15(19,7(3)4)11(14)17/h5-7H,1-4H3,(H,12,13). The Hall–Kier alpha value is -0.830. The molecule has 8 heteroatoms. The van der Waals surface area contributed by atoms with Crippen LogP contribution in [0.25, 0.3) is 0 Å². The van der Waals surface area contributed by atoms with Crippen LogP contribution < -0.4 is 3.89 Å². The number of aromatic nitrogens is 2. The topological polar surface area (TPSA) is 62.8 Å². The second-order valence-corrected chi connectivity index (χ2v) is 6.34. The summed E-state index contributed by atoms with van der Waals surface area (Å²) in [5.74, 6) is -0.180. The zero-order valence-corrected chi connectivity index (χ0v) is 12.8. The highest BCUT2D eigenvalue weighted by Crippen LogP contribution is 2.38. The van der Waals surface area contributed by atoms with E-state index >= 15 is 0 Å². The van der Waals surface area contributed by atoms with Crippen LogP contribution in [0.15, 0.2) is 6.33 Å². The molecular weight excluding hydrogens is 284 g/mol. The van der Waals surface area contributed by atoms with Crippen LogP contribution >= 0.6 is 0 Å². The van der Waals surface area contributed by atoms with E-state index in [4.69, 9.17) is 25.6 Å². The molecule has 1 aliphatic heterocycles. The van der Waals surface area contributed by atoms with E-state index in [0.717, 1.165) is 0 Å². The number of hydrogen-bond acceptors (Lipinski definition) is 5. The first-order valence-electron chi connectivity index (χ1n) is 6.01. The molecule has 1 N–H and O–H groups in total. The fourth-order valence-electron chi connectivity index (χ4n) is 2.18. The van der Waals surface area contributed by atoms with E-state index in [9.17, 15) is 9.59 Å². The molecule has 0 aromatic carbocycles. The summed E-state index contributed by atoms with van der Waals surface area (Å²) in [6, 6.07) is -1.11. The fraction of sp³-hybridized carbons (Fsp3) is 0.545. The van der Waals surface area contributed by atoms with Gasteiger partial charge >= 0.3 is 11.9 Å². The Morgan fingerprint density at radius 1 is 1.11 bits per heavy atom. The summed E-state index contributed by atoms with van der Waals surface area (Å²) in [6.45, 7) is 7.12. The largest absolute Gasteiger partial charge is 0.492 e. The molecule has 0 bridgehead atoms. The molecule has 0 saturated heterocycles. The van der Waals surface area contributed by atoms with Crippen molar-refractivity contribution in [3.63, 3.8) is 0 Å². The number of urea groups is 1. The lowest BCUT2D eigenvalue weighted by atomic mass is 10.2. The van der Waals surface area contributed by atoms with Crippen LogP contribution in [0.4, 0.5) is 10.6 Å². The molecule has 2 rings (SSSR count). The lowest BCUT2D eigenvalue weighted by Gasteiger charge is -2.53. The van der Waals surface area contributed by atoms with Crippen LogP contribution in [0.5, 0.6) is 0 Å². The average Bonchev–Trinajstić information content (AvgIpc) is 2.82. The number of quaternary nitrogens is 2. The first-order valence-corrected chi connectivity index (χ1v) is 6.74. The highest BCUT2D eigenvalue weighted by atomic mass is 32.1. The van der Waals surface area contributed by atoms with Gasteiger partial charge in [0, 0.05) is 0 Å². The molecule has 104 valence electrons. The zero-order chi connectivity index (χ0) is 14.6. The molecule has 0 radical (unpaired) electrons. The van der Waals surface area contributed by atoms with Crippen LogP contribution in [0.2, 0.25) is 0 Å². The molecule has 2 heterocycles. The van der Waals surface area contributed by atoms with Gasteiger partial charge in [-0.15, -0.1) is 0 Å². The van der Waals surface area contributed by atoms with Gasteiger partial charge in [-0.1, -0.05) is 0 Å². The van der Waals surface area contributed by atoms with Crippen molar-refractivity contribution in [1.82, 2.24) is 13.9 Å². The quantitative estimate of drug-likeness (QED) is 0.663. The maximum Gasteiger partial charge on any atom is 0.492 e. The molecule has 6 nitrogen and oxygen atoms in total. The van der Waals surface area contributed by atoms with Crippen molar-refractivity contribution in [3.05, 3.63) is 12.0 Å². The third-order valence-electron chi connectivity index (χ3n) is 3.47. The van der Waals surface area contributed by atoms with Gasteiger partial charge in [0.25, 0.3) is 5.82 Å². The number of aromatic amines is 1. The molecule has 2 unspecified atom stereocenters. The number of carbonyl (C=O) groups is 2. The van der Waals surface area contributed by atoms with Crippen LogP contribution in [0.3, 0.4) is 0 Å². The second-order valence-electron chi connectivity index (χ2n) is 5.19. The number of imidazole rings is 1. The molecule has 0 spiro atoms. The van der Waals surface area contributed by atoms with Crippen LogP contribution in [0.1, 0.15) is 38.2 Å². The Balaban J connectivity index is 2.78.